The average Bonchev–Trinajstić information content (AvgIpc) is 3.10. The van der Waals surface area contributed by atoms with Gasteiger partial charge in [0.05, 0.1) is 18.8 Å². The van der Waals surface area contributed by atoms with E-state index < -0.39 is 18.1 Å². The van der Waals surface area contributed by atoms with E-state index in [1.54, 1.807) is 19.2 Å². The second-order valence-corrected chi connectivity index (χ2v) is 6.20. The number of ether oxygens (including phenoxy) is 2. The number of carbonyl (C=O) groups excluding carboxylic acids is 1. The number of pyridine rings is 1. The van der Waals surface area contributed by atoms with Gasteiger partial charge in [-0.15, -0.1) is 0 Å². The molecule has 0 bridgehead atoms. The number of cyclic esters (lactones) is 1. The Morgan fingerprint density at radius 1 is 1.04 bits per heavy atom. The zero-order valence-corrected chi connectivity index (χ0v) is 14.6. The molecule has 136 valence electrons. The molecule has 27 heavy (non-hydrogen) atoms. The zero-order valence-electron chi connectivity index (χ0n) is 14.6. The van der Waals surface area contributed by atoms with Crippen LogP contribution >= 0.6 is 0 Å². The Balaban J connectivity index is 1.70. The average molecular weight is 364 g/mol. The number of benzene rings is 2. The molecule has 1 aromatic heterocycles. The topological polar surface area (TPSA) is 60.5 Å². The molecule has 1 saturated heterocycles. The Hall–Kier alpha value is -3.41. The maximum atomic E-state index is 13.5. The summed E-state index contributed by atoms with van der Waals surface area (Å²) < 4.78 is 24.2. The molecule has 5 nitrogen and oxygen atoms in total. The number of hydrogen-bond donors (Lipinski definition) is 1. The van der Waals surface area contributed by atoms with Crippen molar-refractivity contribution < 1.29 is 18.7 Å². The lowest BCUT2D eigenvalue weighted by Gasteiger charge is -2.19. The molecule has 0 spiro atoms. The van der Waals surface area contributed by atoms with Crippen LogP contribution in [-0.4, -0.2) is 18.2 Å². The molecule has 0 aliphatic carbocycles. The second-order valence-electron chi connectivity index (χ2n) is 6.20. The first-order chi connectivity index (χ1) is 13.1. The van der Waals surface area contributed by atoms with E-state index in [0.717, 1.165) is 16.7 Å². The summed E-state index contributed by atoms with van der Waals surface area (Å²) in [5.41, 5.74) is 2.96. The fraction of sp³-hybridized carbons (Fsp3) is 0.143. The van der Waals surface area contributed by atoms with Gasteiger partial charge in [-0.3, -0.25) is 0 Å². The van der Waals surface area contributed by atoms with Crippen LogP contribution in [0.5, 0.6) is 5.75 Å². The third kappa shape index (κ3) is 3.46. The smallest absolute Gasteiger partial charge is 0.408 e. The maximum Gasteiger partial charge on any atom is 0.408 e. The minimum Gasteiger partial charge on any atom is -0.497 e. The molecule has 1 fully saturated rings. The van der Waals surface area contributed by atoms with Crippen LogP contribution in [0, 0.1) is 5.95 Å². The van der Waals surface area contributed by atoms with Crippen molar-refractivity contribution in [3.63, 3.8) is 0 Å². The molecule has 4 rings (SSSR count). The Labute approximate surface area is 155 Å². The van der Waals surface area contributed by atoms with Crippen molar-refractivity contribution in [2.75, 3.05) is 7.11 Å². The van der Waals surface area contributed by atoms with Gasteiger partial charge in [-0.1, -0.05) is 36.4 Å². The van der Waals surface area contributed by atoms with Crippen LogP contribution in [0.1, 0.15) is 23.3 Å². The van der Waals surface area contributed by atoms with Crippen LogP contribution < -0.4 is 10.1 Å². The number of alkyl carbamates (subject to hydrolysis) is 1. The summed E-state index contributed by atoms with van der Waals surface area (Å²) in [6.45, 7) is 0. The number of methoxy groups -OCH3 is 1. The first-order valence-corrected chi connectivity index (χ1v) is 8.48. The number of halogens is 1. The highest BCUT2D eigenvalue weighted by Crippen LogP contribution is 2.38. The molecule has 2 heterocycles. The molecule has 6 heteroatoms. The number of carbonyl (C=O) groups is 1. The summed E-state index contributed by atoms with van der Waals surface area (Å²) in [4.78, 5) is 15.9. The number of nitrogens with zero attached hydrogens (tertiary/aromatic N) is 1. The van der Waals surface area contributed by atoms with Crippen molar-refractivity contribution in [1.82, 2.24) is 10.3 Å². The van der Waals surface area contributed by atoms with Crippen LogP contribution in [0.4, 0.5) is 9.18 Å². The van der Waals surface area contributed by atoms with Gasteiger partial charge in [0.2, 0.25) is 5.95 Å². The molecule has 1 N–H and O–H groups in total. The Morgan fingerprint density at radius 3 is 2.63 bits per heavy atom. The van der Waals surface area contributed by atoms with Crippen molar-refractivity contribution in [3.8, 4) is 17.0 Å². The molecule has 1 aliphatic heterocycles. The highest BCUT2D eigenvalue weighted by Gasteiger charge is 2.36. The van der Waals surface area contributed by atoms with Gasteiger partial charge in [0.15, 0.2) is 6.10 Å². The van der Waals surface area contributed by atoms with E-state index >= 15 is 0 Å². The van der Waals surface area contributed by atoms with Crippen molar-refractivity contribution in [2.45, 2.75) is 12.1 Å². The van der Waals surface area contributed by atoms with Gasteiger partial charge < -0.3 is 14.8 Å². The van der Waals surface area contributed by atoms with Gasteiger partial charge >= 0.3 is 6.09 Å². The third-order valence-electron chi connectivity index (χ3n) is 4.49. The second kappa shape index (κ2) is 7.07. The number of hydrogen-bond acceptors (Lipinski definition) is 4. The summed E-state index contributed by atoms with van der Waals surface area (Å²) in [6.07, 6.45) is -0.981. The summed E-state index contributed by atoms with van der Waals surface area (Å²) >= 11 is 0. The Kier molecular flexibility index (Phi) is 4.46. The van der Waals surface area contributed by atoms with Crippen LogP contribution in [0.25, 0.3) is 11.3 Å². The maximum absolute atomic E-state index is 13.5. The van der Waals surface area contributed by atoms with Gasteiger partial charge in [0.25, 0.3) is 0 Å². The summed E-state index contributed by atoms with van der Waals surface area (Å²) in [5.74, 6) is 0.150. The van der Waals surface area contributed by atoms with Crippen LogP contribution in [0.3, 0.4) is 0 Å². The predicted octanol–water partition coefficient (Wildman–Crippen LogP) is 4.42. The highest BCUT2D eigenvalue weighted by atomic mass is 19.1. The quantitative estimate of drug-likeness (QED) is 0.696. The minimum absolute atomic E-state index is 0.377. The lowest BCUT2D eigenvalue weighted by atomic mass is 9.94. The van der Waals surface area contributed by atoms with E-state index in [0.29, 0.717) is 11.4 Å². The fourth-order valence-electron chi connectivity index (χ4n) is 3.22. The van der Waals surface area contributed by atoms with E-state index in [-0.39, 0.29) is 6.04 Å². The molecular formula is C21H17FN2O3. The lowest BCUT2D eigenvalue weighted by Crippen LogP contribution is -2.19. The predicted molar refractivity (Wildman–Crippen MR) is 97.7 cm³/mol. The molecular weight excluding hydrogens is 347 g/mol. The molecule has 1 amide bonds. The van der Waals surface area contributed by atoms with Crippen molar-refractivity contribution in [2.24, 2.45) is 0 Å². The number of aromatic nitrogens is 1. The van der Waals surface area contributed by atoms with Crippen molar-refractivity contribution >= 4 is 6.09 Å². The summed E-state index contributed by atoms with van der Waals surface area (Å²) in [6, 6.07) is 19.2. The Bertz CT molecular complexity index is 992. The third-order valence-corrected chi connectivity index (χ3v) is 4.49. The molecule has 1 aliphatic rings. The van der Waals surface area contributed by atoms with Gasteiger partial charge in [0.1, 0.15) is 5.75 Å². The normalized spacial score (nSPS) is 18.7. The molecule has 2 atom stereocenters. The molecule has 0 radical (unpaired) electrons. The minimum atomic E-state index is -0.537. The molecule has 0 saturated carbocycles. The molecule has 0 unspecified atom stereocenters. The highest BCUT2D eigenvalue weighted by molar-refractivity contribution is 5.71. The molecule has 3 aromatic rings. The summed E-state index contributed by atoms with van der Waals surface area (Å²) in [7, 11) is 1.59. The van der Waals surface area contributed by atoms with Gasteiger partial charge in [-0.2, -0.15) is 4.39 Å². The first kappa shape index (κ1) is 17.0. The van der Waals surface area contributed by atoms with E-state index in [4.69, 9.17) is 9.47 Å². The van der Waals surface area contributed by atoms with Gasteiger partial charge in [-0.25, -0.2) is 9.78 Å². The largest absolute Gasteiger partial charge is 0.497 e. The van der Waals surface area contributed by atoms with Crippen LogP contribution in [-0.2, 0) is 4.74 Å². The Morgan fingerprint density at radius 2 is 1.81 bits per heavy atom. The van der Waals surface area contributed by atoms with E-state index in [1.807, 2.05) is 48.5 Å². The van der Waals surface area contributed by atoms with Crippen LogP contribution in [0.15, 0.2) is 66.7 Å². The number of nitrogens with one attached hydrogen (secondary N) is 1. The standard InChI is InChI=1S/C21H17FN2O3/c1-26-16-8-3-7-15(12-16)20-19(24-21(25)27-20)14-6-2-5-13(11-14)17-9-4-10-18(22)23-17/h2-12,19-20H,1H3,(H,24,25)/t19-,20-/m1/s1. The van der Waals surface area contributed by atoms with E-state index in [1.165, 1.54) is 6.07 Å². The van der Waals surface area contributed by atoms with E-state index in [9.17, 15) is 9.18 Å². The zero-order chi connectivity index (χ0) is 18.8. The first-order valence-electron chi connectivity index (χ1n) is 8.48. The monoisotopic (exact) mass is 364 g/mol. The molecule has 2 aromatic carbocycles. The summed E-state index contributed by atoms with van der Waals surface area (Å²) in [5, 5.41) is 2.85. The fourth-order valence-corrected chi connectivity index (χ4v) is 3.22. The van der Waals surface area contributed by atoms with Gasteiger partial charge in [0, 0.05) is 5.56 Å². The number of rotatable bonds is 4. The van der Waals surface area contributed by atoms with E-state index in [2.05, 4.69) is 10.3 Å². The number of amides is 1. The van der Waals surface area contributed by atoms with Crippen LogP contribution in [0.2, 0.25) is 0 Å². The van der Waals surface area contributed by atoms with Crippen molar-refractivity contribution in [3.05, 3.63) is 83.8 Å². The lowest BCUT2D eigenvalue weighted by molar-refractivity contribution is 0.132. The van der Waals surface area contributed by atoms with Crippen molar-refractivity contribution in [1.29, 1.82) is 0 Å². The van der Waals surface area contributed by atoms with Gasteiger partial charge in [-0.05, 0) is 41.5 Å². The SMILES string of the molecule is COc1cccc([C@H]2OC(=O)N[C@@H]2c2cccc(-c3cccc(F)n3)c2)c1.